The van der Waals surface area contributed by atoms with Crippen LogP contribution in [0.1, 0.15) is 18.4 Å². The second-order valence-corrected chi connectivity index (χ2v) is 7.92. The molecule has 2 heterocycles. The topological polar surface area (TPSA) is 185 Å². The Morgan fingerprint density at radius 2 is 1.81 bits per heavy atom. The van der Waals surface area contributed by atoms with Crippen molar-refractivity contribution in [3.63, 3.8) is 0 Å². The highest BCUT2D eigenvalue weighted by molar-refractivity contribution is 5.87. The maximum absolute atomic E-state index is 12.9. The van der Waals surface area contributed by atoms with E-state index in [0.717, 1.165) is 5.56 Å². The summed E-state index contributed by atoms with van der Waals surface area (Å²) >= 11 is 0. The number of aliphatic hydroxyl groups excluding tert-OH is 4. The Bertz CT molecular complexity index is 774. The zero-order valence-electron chi connectivity index (χ0n) is 16.9. The van der Waals surface area contributed by atoms with Gasteiger partial charge in [0, 0.05) is 13.0 Å². The Hall–Kier alpha value is -2.28. The number of phenolic OH excluding ortho intramolecular Hbond substituents is 1. The van der Waals surface area contributed by atoms with E-state index < -0.39 is 55.4 Å². The van der Waals surface area contributed by atoms with Gasteiger partial charge in [-0.25, -0.2) is 4.79 Å². The van der Waals surface area contributed by atoms with Gasteiger partial charge in [-0.3, -0.25) is 4.79 Å². The molecule has 2 fully saturated rings. The second kappa shape index (κ2) is 9.90. The molecule has 1 amide bonds. The summed E-state index contributed by atoms with van der Waals surface area (Å²) in [5.41, 5.74) is 4.74. The number of aromatic hydroxyl groups is 1. The minimum absolute atomic E-state index is 0.125. The van der Waals surface area contributed by atoms with Crippen LogP contribution in [-0.2, 0) is 25.5 Å². The van der Waals surface area contributed by atoms with E-state index in [-0.39, 0.29) is 11.7 Å². The van der Waals surface area contributed by atoms with Gasteiger partial charge in [0.05, 0.1) is 0 Å². The van der Waals surface area contributed by atoms with Gasteiger partial charge < -0.3 is 45.6 Å². The third kappa shape index (κ3) is 5.32. The summed E-state index contributed by atoms with van der Waals surface area (Å²) in [6, 6.07) is 5.01. The van der Waals surface area contributed by atoms with Crippen molar-refractivity contribution in [3.05, 3.63) is 29.8 Å². The van der Waals surface area contributed by atoms with Gasteiger partial charge in [-0.2, -0.15) is 0 Å². The molecule has 11 heteroatoms. The number of ether oxygens (including phenoxy) is 2. The van der Waals surface area contributed by atoms with Crippen molar-refractivity contribution in [2.45, 2.75) is 62.1 Å². The average Bonchev–Trinajstić information content (AvgIpc) is 3.24. The molecule has 31 heavy (non-hydrogen) atoms. The molecule has 0 unspecified atom stereocenters. The molecule has 2 aliphatic rings. The Morgan fingerprint density at radius 1 is 1.13 bits per heavy atom. The molecule has 7 atom stereocenters. The van der Waals surface area contributed by atoms with Crippen LogP contribution in [0.3, 0.4) is 0 Å². The Balaban J connectivity index is 1.55. The lowest BCUT2D eigenvalue weighted by atomic mass is 9.99. The molecule has 8 N–H and O–H groups in total. The summed E-state index contributed by atoms with van der Waals surface area (Å²) in [6.07, 6.45) is -6.45. The number of phenols is 1. The summed E-state index contributed by atoms with van der Waals surface area (Å²) < 4.78 is 10.2. The lowest BCUT2D eigenvalue weighted by molar-refractivity contribution is -0.405. The Labute approximate surface area is 178 Å². The van der Waals surface area contributed by atoms with E-state index in [2.05, 4.69) is 5.73 Å². The summed E-state index contributed by atoms with van der Waals surface area (Å²) in [6.45, 7) is -0.0763. The standard InChI is InChI=1S/C20H28N2O9/c21-12(8-10-3-5-11(23)6-4-10)18(27)22-7-1-2-13(22)19(28)30-9-14-15(24)16(25)17(26)20(29)31-14/h3-6,12-17,20,23-26,29H,1-2,7-9,21H2/p+1/t12-,13-,14+,15+,16-,17+,20-/m0/s1. The molecule has 0 spiro atoms. The molecule has 11 nitrogen and oxygen atoms in total. The highest BCUT2D eigenvalue weighted by Gasteiger charge is 2.44. The fraction of sp³-hybridized carbons (Fsp3) is 0.600. The van der Waals surface area contributed by atoms with Crippen molar-refractivity contribution in [2.75, 3.05) is 13.2 Å². The van der Waals surface area contributed by atoms with Crippen LogP contribution in [0.25, 0.3) is 0 Å². The first-order valence-electron chi connectivity index (χ1n) is 10.1. The third-order valence-electron chi connectivity index (χ3n) is 5.65. The van der Waals surface area contributed by atoms with Gasteiger partial charge in [0.25, 0.3) is 5.91 Å². The van der Waals surface area contributed by atoms with Crippen LogP contribution in [-0.4, -0.2) is 98.3 Å². The van der Waals surface area contributed by atoms with Crippen molar-refractivity contribution in [3.8, 4) is 5.75 Å². The van der Waals surface area contributed by atoms with E-state index >= 15 is 0 Å². The summed E-state index contributed by atoms with van der Waals surface area (Å²) in [5.74, 6) is -0.858. The molecule has 3 rings (SSSR count). The van der Waals surface area contributed by atoms with E-state index in [1.165, 1.54) is 17.0 Å². The molecule has 2 aliphatic heterocycles. The Kier molecular flexibility index (Phi) is 7.46. The van der Waals surface area contributed by atoms with Crippen molar-refractivity contribution in [1.29, 1.82) is 0 Å². The quantitative estimate of drug-likeness (QED) is 0.249. The van der Waals surface area contributed by atoms with Gasteiger partial charge in [-0.05, 0) is 30.5 Å². The zero-order chi connectivity index (χ0) is 22.7. The minimum atomic E-state index is -1.72. The summed E-state index contributed by atoms with van der Waals surface area (Å²) in [4.78, 5) is 26.9. The van der Waals surface area contributed by atoms with Crippen LogP contribution in [0.4, 0.5) is 0 Å². The normalized spacial score (nSPS) is 32.0. The number of amides is 1. The number of quaternary nitrogens is 1. The van der Waals surface area contributed by atoms with Crippen molar-refractivity contribution in [2.24, 2.45) is 0 Å². The molecule has 0 aliphatic carbocycles. The summed E-state index contributed by atoms with van der Waals surface area (Å²) in [5, 5.41) is 48.1. The van der Waals surface area contributed by atoms with E-state index in [4.69, 9.17) is 9.47 Å². The van der Waals surface area contributed by atoms with Gasteiger partial charge in [0.2, 0.25) is 0 Å². The second-order valence-electron chi connectivity index (χ2n) is 7.92. The number of carbonyl (C=O) groups is 2. The van der Waals surface area contributed by atoms with Crippen LogP contribution in [0.2, 0.25) is 0 Å². The van der Waals surface area contributed by atoms with Crippen LogP contribution in [0.15, 0.2) is 24.3 Å². The van der Waals surface area contributed by atoms with Gasteiger partial charge in [-0.1, -0.05) is 12.1 Å². The first-order chi connectivity index (χ1) is 14.7. The molecular formula is C20H29N2O9+. The van der Waals surface area contributed by atoms with Gasteiger partial charge in [0.1, 0.15) is 42.8 Å². The largest absolute Gasteiger partial charge is 0.508 e. The number of benzene rings is 1. The van der Waals surface area contributed by atoms with Gasteiger partial charge in [0.15, 0.2) is 12.3 Å². The number of hydrogen-bond donors (Lipinski definition) is 6. The van der Waals surface area contributed by atoms with Crippen LogP contribution in [0.5, 0.6) is 5.75 Å². The number of aliphatic hydroxyl groups is 4. The zero-order valence-corrected chi connectivity index (χ0v) is 16.9. The van der Waals surface area contributed by atoms with Crippen LogP contribution >= 0.6 is 0 Å². The smallest absolute Gasteiger partial charge is 0.328 e. The molecule has 0 aromatic heterocycles. The predicted molar refractivity (Wildman–Crippen MR) is 103 cm³/mol. The minimum Gasteiger partial charge on any atom is -0.508 e. The number of nitrogens with zero attached hydrogens (tertiary/aromatic N) is 1. The van der Waals surface area contributed by atoms with Gasteiger partial charge >= 0.3 is 5.97 Å². The lowest BCUT2D eigenvalue weighted by Crippen LogP contribution is -2.69. The highest BCUT2D eigenvalue weighted by atomic mass is 16.6. The molecular weight excluding hydrogens is 412 g/mol. The number of carbonyl (C=O) groups excluding carboxylic acids is 2. The SMILES string of the molecule is [NH3+][C@@H](Cc1ccc(O)cc1)C(=O)N1CCC[C@H]1C(=O)OC[C@H]1O[C@H](O)[C@H](O)[C@@H](O)[C@@H]1O. The molecule has 1 aromatic rings. The molecule has 172 valence electrons. The maximum atomic E-state index is 12.9. The number of rotatable bonds is 6. The lowest BCUT2D eigenvalue weighted by Gasteiger charge is -2.38. The number of hydrogen-bond acceptors (Lipinski definition) is 9. The fourth-order valence-corrected chi connectivity index (χ4v) is 3.84. The fourth-order valence-electron chi connectivity index (χ4n) is 3.84. The number of esters is 1. The van der Waals surface area contributed by atoms with Gasteiger partial charge in [-0.15, -0.1) is 0 Å². The molecule has 0 saturated carbocycles. The Morgan fingerprint density at radius 3 is 2.48 bits per heavy atom. The molecule has 1 aromatic carbocycles. The van der Waals surface area contributed by atoms with Crippen molar-refractivity contribution >= 4 is 11.9 Å². The monoisotopic (exact) mass is 441 g/mol. The van der Waals surface area contributed by atoms with E-state index in [9.17, 15) is 35.1 Å². The molecule has 0 bridgehead atoms. The summed E-state index contributed by atoms with van der Waals surface area (Å²) in [7, 11) is 0. The van der Waals surface area contributed by atoms with Crippen molar-refractivity contribution in [1.82, 2.24) is 4.90 Å². The van der Waals surface area contributed by atoms with E-state index in [1.54, 1.807) is 12.1 Å². The molecule has 2 saturated heterocycles. The third-order valence-corrected chi connectivity index (χ3v) is 5.65. The predicted octanol–water partition coefficient (Wildman–Crippen LogP) is -3.12. The van der Waals surface area contributed by atoms with Crippen LogP contribution in [0, 0.1) is 0 Å². The maximum Gasteiger partial charge on any atom is 0.328 e. The van der Waals surface area contributed by atoms with E-state index in [0.29, 0.717) is 25.8 Å². The first kappa shape index (κ1) is 23.4. The highest BCUT2D eigenvalue weighted by Crippen LogP contribution is 2.23. The number of likely N-dealkylation sites (tertiary alicyclic amines) is 1. The first-order valence-corrected chi connectivity index (χ1v) is 10.1. The average molecular weight is 441 g/mol. The molecule has 0 radical (unpaired) electrons. The van der Waals surface area contributed by atoms with E-state index in [1.807, 2.05) is 0 Å². The van der Waals surface area contributed by atoms with Crippen molar-refractivity contribution < 1.29 is 50.3 Å². The van der Waals surface area contributed by atoms with Crippen LogP contribution < -0.4 is 5.73 Å².